The zero-order valence-electron chi connectivity index (χ0n) is 8.28. The molecule has 2 nitrogen and oxygen atoms in total. The first-order chi connectivity index (χ1) is 7.16. The lowest BCUT2D eigenvalue weighted by molar-refractivity contribution is 0.0855. The maximum atomic E-state index is 13.0. The number of benzene rings is 1. The summed E-state index contributed by atoms with van der Waals surface area (Å²) in [6.07, 6.45) is 0.527. The summed E-state index contributed by atoms with van der Waals surface area (Å²) in [6.45, 7) is 1.86. The molecule has 80 valence electrons. The van der Waals surface area contributed by atoms with Crippen molar-refractivity contribution in [2.75, 3.05) is 0 Å². The summed E-state index contributed by atoms with van der Waals surface area (Å²) >= 11 is 5.90. The minimum absolute atomic E-state index is 0.0974. The fourth-order valence-electron chi connectivity index (χ4n) is 1.48. The van der Waals surface area contributed by atoms with Crippen molar-refractivity contribution in [2.24, 2.45) is 5.16 Å². The summed E-state index contributed by atoms with van der Waals surface area (Å²) in [4.78, 5) is 5.15. The van der Waals surface area contributed by atoms with Crippen LogP contribution in [0.2, 0.25) is 0 Å². The van der Waals surface area contributed by atoms with Crippen molar-refractivity contribution in [3.63, 3.8) is 0 Å². The Labute approximate surface area is 92.7 Å². The van der Waals surface area contributed by atoms with Crippen LogP contribution in [-0.4, -0.2) is 17.2 Å². The van der Waals surface area contributed by atoms with Gasteiger partial charge in [0, 0.05) is 12.0 Å². The van der Waals surface area contributed by atoms with E-state index in [1.54, 1.807) is 6.07 Å². The Morgan fingerprint density at radius 3 is 3.00 bits per heavy atom. The molecule has 0 aromatic heterocycles. The summed E-state index contributed by atoms with van der Waals surface area (Å²) in [5, 5.41) is 3.82. The van der Waals surface area contributed by atoms with E-state index < -0.39 is 0 Å². The van der Waals surface area contributed by atoms with Crippen LogP contribution in [0.15, 0.2) is 29.4 Å². The second-order valence-electron chi connectivity index (χ2n) is 3.57. The molecule has 0 bridgehead atoms. The first kappa shape index (κ1) is 10.4. The van der Waals surface area contributed by atoms with Gasteiger partial charge in [0.25, 0.3) is 0 Å². The second-order valence-corrected chi connectivity index (χ2v) is 4.26. The molecule has 0 amide bonds. The molecule has 1 heterocycles. The molecule has 0 fully saturated rings. The Morgan fingerprint density at radius 2 is 2.40 bits per heavy atom. The summed E-state index contributed by atoms with van der Waals surface area (Å²) in [5.41, 5.74) is 1.52. The van der Waals surface area contributed by atoms with Gasteiger partial charge >= 0.3 is 0 Å². The summed E-state index contributed by atoms with van der Waals surface area (Å²) in [7, 11) is 0. The average molecular weight is 228 g/mol. The number of nitrogens with zero attached hydrogens (tertiary/aromatic N) is 1. The number of alkyl halides is 1. The molecule has 0 aliphatic carbocycles. The third kappa shape index (κ3) is 2.29. The van der Waals surface area contributed by atoms with Gasteiger partial charge in [-0.3, -0.25) is 0 Å². The molecule has 0 saturated carbocycles. The fraction of sp³-hybridized carbons (Fsp3) is 0.364. The average Bonchev–Trinajstić information content (AvgIpc) is 2.66. The highest BCUT2D eigenvalue weighted by atomic mass is 35.5. The minimum Gasteiger partial charge on any atom is -0.390 e. The Balaban J connectivity index is 2.14. The van der Waals surface area contributed by atoms with Gasteiger partial charge in [-0.25, -0.2) is 4.39 Å². The van der Waals surface area contributed by atoms with Crippen LogP contribution in [0.1, 0.15) is 18.9 Å². The van der Waals surface area contributed by atoms with Crippen molar-refractivity contribution in [1.82, 2.24) is 0 Å². The molecule has 1 aromatic carbocycles. The molecular formula is C11H11ClFNO. The van der Waals surface area contributed by atoms with Crippen LogP contribution in [0.3, 0.4) is 0 Å². The van der Waals surface area contributed by atoms with Crippen LogP contribution in [0, 0.1) is 5.82 Å². The predicted octanol–water partition coefficient (Wildman–Crippen LogP) is 2.95. The van der Waals surface area contributed by atoms with Gasteiger partial charge in [0.15, 0.2) is 0 Å². The van der Waals surface area contributed by atoms with E-state index in [0.717, 1.165) is 11.3 Å². The lowest BCUT2D eigenvalue weighted by Crippen LogP contribution is -2.18. The van der Waals surface area contributed by atoms with E-state index in [9.17, 15) is 4.39 Å². The van der Waals surface area contributed by atoms with Crippen molar-refractivity contribution in [1.29, 1.82) is 0 Å². The number of hydrogen-bond donors (Lipinski definition) is 0. The lowest BCUT2D eigenvalue weighted by atomic mass is 10.0. The Morgan fingerprint density at radius 1 is 1.60 bits per heavy atom. The third-order valence-corrected chi connectivity index (χ3v) is 2.64. The SMILES string of the molecule is CC(Cl)C1CC(c2cccc(F)c2)=NO1. The van der Waals surface area contributed by atoms with Crippen molar-refractivity contribution >= 4 is 17.3 Å². The molecule has 0 spiro atoms. The molecule has 0 N–H and O–H groups in total. The zero-order valence-corrected chi connectivity index (χ0v) is 9.04. The van der Waals surface area contributed by atoms with Crippen LogP contribution in [-0.2, 0) is 4.84 Å². The first-order valence-corrected chi connectivity index (χ1v) is 5.23. The number of halogens is 2. The largest absolute Gasteiger partial charge is 0.390 e. The topological polar surface area (TPSA) is 21.6 Å². The molecule has 0 radical (unpaired) electrons. The number of hydrogen-bond acceptors (Lipinski definition) is 2. The van der Waals surface area contributed by atoms with E-state index in [0.29, 0.717) is 6.42 Å². The van der Waals surface area contributed by atoms with Gasteiger partial charge < -0.3 is 4.84 Å². The van der Waals surface area contributed by atoms with Gasteiger partial charge in [0.1, 0.15) is 11.9 Å². The molecule has 2 rings (SSSR count). The van der Waals surface area contributed by atoms with Crippen molar-refractivity contribution < 1.29 is 9.23 Å². The highest BCUT2D eigenvalue weighted by Gasteiger charge is 2.26. The molecular weight excluding hydrogens is 217 g/mol. The summed E-state index contributed by atoms with van der Waals surface area (Å²) in [5.74, 6) is -0.266. The number of oxime groups is 1. The lowest BCUT2D eigenvalue weighted by Gasteiger charge is -2.08. The monoisotopic (exact) mass is 227 g/mol. The minimum atomic E-state index is -0.266. The van der Waals surface area contributed by atoms with E-state index in [-0.39, 0.29) is 17.3 Å². The molecule has 15 heavy (non-hydrogen) atoms. The standard InChI is InChI=1S/C11H11ClFNO/c1-7(12)11-6-10(14-15-11)8-3-2-4-9(13)5-8/h2-5,7,11H,6H2,1H3. The quantitative estimate of drug-likeness (QED) is 0.712. The Bertz CT molecular complexity index is 392. The van der Waals surface area contributed by atoms with Gasteiger partial charge in [0.05, 0.1) is 11.1 Å². The van der Waals surface area contributed by atoms with E-state index in [4.69, 9.17) is 16.4 Å². The van der Waals surface area contributed by atoms with Gasteiger partial charge in [-0.2, -0.15) is 0 Å². The van der Waals surface area contributed by atoms with Crippen LogP contribution >= 0.6 is 11.6 Å². The summed E-state index contributed by atoms with van der Waals surface area (Å²) < 4.78 is 13.0. The van der Waals surface area contributed by atoms with E-state index >= 15 is 0 Å². The van der Waals surface area contributed by atoms with Crippen LogP contribution in [0.5, 0.6) is 0 Å². The molecule has 2 atom stereocenters. The molecule has 1 aromatic rings. The smallest absolute Gasteiger partial charge is 0.149 e. The maximum absolute atomic E-state index is 13.0. The second kappa shape index (κ2) is 4.19. The van der Waals surface area contributed by atoms with Crippen LogP contribution in [0.4, 0.5) is 4.39 Å². The Hall–Kier alpha value is -1.09. The van der Waals surface area contributed by atoms with Gasteiger partial charge in [-0.05, 0) is 19.1 Å². The van der Waals surface area contributed by atoms with Crippen molar-refractivity contribution in [3.8, 4) is 0 Å². The zero-order chi connectivity index (χ0) is 10.8. The number of rotatable bonds is 2. The van der Waals surface area contributed by atoms with Gasteiger partial charge in [0.2, 0.25) is 0 Å². The third-order valence-electron chi connectivity index (χ3n) is 2.36. The Kier molecular flexibility index (Phi) is 2.91. The van der Waals surface area contributed by atoms with E-state index in [1.807, 2.05) is 13.0 Å². The summed E-state index contributed by atoms with van der Waals surface area (Å²) in [6, 6.07) is 6.32. The van der Waals surface area contributed by atoms with Crippen molar-refractivity contribution in [2.45, 2.75) is 24.8 Å². The normalized spacial score (nSPS) is 22.1. The molecule has 1 aliphatic heterocycles. The first-order valence-electron chi connectivity index (χ1n) is 4.79. The van der Waals surface area contributed by atoms with Crippen LogP contribution in [0.25, 0.3) is 0 Å². The van der Waals surface area contributed by atoms with E-state index in [2.05, 4.69) is 5.16 Å². The predicted molar refractivity (Wildman–Crippen MR) is 57.7 cm³/mol. The fourth-order valence-corrected chi connectivity index (χ4v) is 1.62. The molecule has 1 aliphatic rings. The molecule has 4 heteroatoms. The highest BCUT2D eigenvalue weighted by molar-refractivity contribution is 6.21. The molecule has 0 saturated heterocycles. The highest BCUT2D eigenvalue weighted by Crippen LogP contribution is 2.21. The maximum Gasteiger partial charge on any atom is 0.149 e. The van der Waals surface area contributed by atoms with Gasteiger partial charge in [-0.1, -0.05) is 17.3 Å². The van der Waals surface area contributed by atoms with Crippen LogP contribution < -0.4 is 0 Å². The van der Waals surface area contributed by atoms with Crippen molar-refractivity contribution in [3.05, 3.63) is 35.6 Å². The van der Waals surface area contributed by atoms with Gasteiger partial charge in [-0.15, -0.1) is 11.6 Å². The molecule has 2 unspecified atom stereocenters. The van der Waals surface area contributed by atoms with E-state index in [1.165, 1.54) is 12.1 Å².